The van der Waals surface area contributed by atoms with E-state index in [-0.39, 0.29) is 13.0 Å². The molecule has 0 aliphatic carbocycles. The summed E-state index contributed by atoms with van der Waals surface area (Å²) < 4.78 is 43.3. The molecule has 0 spiro atoms. The molecule has 1 aromatic carbocycles. The zero-order valence-electron chi connectivity index (χ0n) is 10.8. The van der Waals surface area contributed by atoms with Crippen LogP contribution in [0.1, 0.15) is 18.5 Å². The van der Waals surface area contributed by atoms with Crippen molar-refractivity contribution >= 4 is 10.9 Å². The zero-order chi connectivity index (χ0) is 14.0. The van der Waals surface area contributed by atoms with Gasteiger partial charge in [-0.05, 0) is 19.4 Å². The third-order valence-corrected chi connectivity index (χ3v) is 2.97. The Kier molecular flexibility index (Phi) is 3.68. The molecule has 0 aliphatic heterocycles. The van der Waals surface area contributed by atoms with E-state index in [1.54, 1.807) is 10.7 Å². The van der Waals surface area contributed by atoms with Crippen LogP contribution in [0.3, 0.4) is 0 Å². The summed E-state index contributed by atoms with van der Waals surface area (Å²) >= 11 is 0. The van der Waals surface area contributed by atoms with Crippen molar-refractivity contribution in [2.24, 2.45) is 0 Å². The van der Waals surface area contributed by atoms with Crippen LogP contribution in [0.25, 0.3) is 10.9 Å². The van der Waals surface area contributed by atoms with Gasteiger partial charge in [-0.15, -0.1) is 0 Å². The molecule has 0 atom stereocenters. The molecule has 0 fully saturated rings. The van der Waals surface area contributed by atoms with E-state index >= 15 is 0 Å². The lowest BCUT2D eigenvalue weighted by Crippen LogP contribution is -2.10. The lowest BCUT2D eigenvalue weighted by Gasteiger charge is -2.08. The first-order valence-electron chi connectivity index (χ1n) is 5.99. The monoisotopic (exact) mass is 272 g/mol. The van der Waals surface area contributed by atoms with Crippen LogP contribution in [0.4, 0.5) is 13.2 Å². The Balaban J connectivity index is 2.28. The van der Waals surface area contributed by atoms with Crippen LogP contribution < -0.4 is 4.74 Å². The number of hydrogen-bond acceptors (Lipinski definition) is 2. The number of benzene rings is 1. The van der Waals surface area contributed by atoms with Gasteiger partial charge in [0.2, 0.25) is 0 Å². The number of methoxy groups -OCH3 is 1. The summed E-state index contributed by atoms with van der Waals surface area (Å²) in [4.78, 5) is 0. The number of ether oxygens (including phenoxy) is 1. The van der Waals surface area contributed by atoms with Crippen molar-refractivity contribution in [2.75, 3.05) is 7.11 Å². The summed E-state index contributed by atoms with van der Waals surface area (Å²) in [7, 11) is 1.54. The number of nitrogens with zero attached hydrogens (tertiary/aromatic N) is 2. The summed E-state index contributed by atoms with van der Waals surface area (Å²) in [5.74, 6) is 0.630. The van der Waals surface area contributed by atoms with Crippen molar-refractivity contribution in [3.63, 3.8) is 0 Å². The van der Waals surface area contributed by atoms with Crippen LogP contribution in [0, 0.1) is 6.92 Å². The first-order valence-corrected chi connectivity index (χ1v) is 5.99. The molecule has 0 saturated heterocycles. The summed E-state index contributed by atoms with van der Waals surface area (Å²) in [5, 5.41) is 5.20. The van der Waals surface area contributed by atoms with Gasteiger partial charge in [0.1, 0.15) is 11.3 Å². The summed E-state index contributed by atoms with van der Waals surface area (Å²) in [5.41, 5.74) is 1.55. The van der Waals surface area contributed by atoms with Gasteiger partial charge in [0.25, 0.3) is 0 Å². The minimum Gasteiger partial charge on any atom is -0.494 e. The molecule has 1 heterocycles. The SMILES string of the molecule is COc1cccc2c(C)nn(CCCC(F)(F)F)c12. The number of alkyl halides is 3. The number of hydrogen-bond donors (Lipinski definition) is 0. The van der Waals surface area contributed by atoms with Crippen LogP contribution in [-0.2, 0) is 6.54 Å². The number of rotatable bonds is 4. The van der Waals surface area contributed by atoms with Crippen molar-refractivity contribution in [3.05, 3.63) is 23.9 Å². The highest BCUT2D eigenvalue weighted by Gasteiger charge is 2.26. The van der Waals surface area contributed by atoms with Gasteiger partial charge < -0.3 is 4.74 Å². The van der Waals surface area contributed by atoms with Crippen molar-refractivity contribution in [2.45, 2.75) is 32.5 Å². The molecule has 0 amide bonds. The van der Waals surface area contributed by atoms with Gasteiger partial charge in [-0.3, -0.25) is 4.68 Å². The molecule has 6 heteroatoms. The van der Waals surface area contributed by atoms with Crippen LogP contribution >= 0.6 is 0 Å². The fourth-order valence-electron chi connectivity index (χ4n) is 2.12. The molecule has 19 heavy (non-hydrogen) atoms. The fourth-order valence-corrected chi connectivity index (χ4v) is 2.12. The highest BCUT2D eigenvalue weighted by molar-refractivity contribution is 5.87. The molecule has 2 rings (SSSR count). The van der Waals surface area contributed by atoms with E-state index in [2.05, 4.69) is 5.10 Å². The zero-order valence-corrected chi connectivity index (χ0v) is 10.8. The summed E-state index contributed by atoms with van der Waals surface area (Å²) in [6, 6.07) is 5.51. The second-order valence-corrected chi connectivity index (χ2v) is 4.38. The number of halogens is 3. The van der Waals surface area contributed by atoms with Crippen molar-refractivity contribution in [1.29, 1.82) is 0 Å². The number of para-hydroxylation sites is 1. The van der Waals surface area contributed by atoms with E-state index in [0.29, 0.717) is 5.75 Å². The minimum atomic E-state index is -4.12. The predicted molar refractivity (Wildman–Crippen MR) is 66.3 cm³/mol. The Bertz CT molecular complexity index is 575. The van der Waals surface area contributed by atoms with Crippen LogP contribution in [0.2, 0.25) is 0 Å². The summed E-state index contributed by atoms with van der Waals surface area (Å²) in [6.45, 7) is 2.06. The first kappa shape index (κ1) is 13.7. The van der Waals surface area contributed by atoms with E-state index in [1.807, 2.05) is 19.1 Å². The highest BCUT2D eigenvalue weighted by atomic mass is 19.4. The maximum absolute atomic E-state index is 12.2. The van der Waals surface area contributed by atoms with E-state index in [9.17, 15) is 13.2 Å². The quantitative estimate of drug-likeness (QED) is 0.848. The van der Waals surface area contributed by atoms with Gasteiger partial charge in [0, 0.05) is 18.4 Å². The third-order valence-electron chi connectivity index (χ3n) is 2.97. The Morgan fingerprint density at radius 2 is 2.05 bits per heavy atom. The highest BCUT2D eigenvalue weighted by Crippen LogP contribution is 2.28. The van der Waals surface area contributed by atoms with E-state index < -0.39 is 12.6 Å². The van der Waals surface area contributed by atoms with Gasteiger partial charge in [0.15, 0.2) is 0 Å². The molecule has 0 unspecified atom stereocenters. The Hall–Kier alpha value is -1.72. The van der Waals surface area contributed by atoms with Crippen molar-refractivity contribution in [1.82, 2.24) is 9.78 Å². The number of fused-ring (bicyclic) bond motifs is 1. The minimum absolute atomic E-state index is 0.0117. The van der Waals surface area contributed by atoms with Gasteiger partial charge in [-0.2, -0.15) is 18.3 Å². The number of aryl methyl sites for hydroxylation is 2. The molecule has 0 saturated carbocycles. The smallest absolute Gasteiger partial charge is 0.389 e. The molecule has 3 nitrogen and oxygen atoms in total. The Labute approximate surface area is 109 Å². The van der Waals surface area contributed by atoms with E-state index in [1.165, 1.54) is 7.11 Å². The molecule has 0 radical (unpaired) electrons. The largest absolute Gasteiger partial charge is 0.494 e. The Morgan fingerprint density at radius 3 is 2.68 bits per heavy atom. The van der Waals surface area contributed by atoms with E-state index in [0.717, 1.165) is 16.6 Å². The molecular formula is C13H15F3N2O. The number of aromatic nitrogens is 2. The standard InChI is InChI=1S/C13H15F3N2O/c1-9-10-5-3-6-11(19-2)12(10)18(17-9)8-4-7-13(14,15)16/h3,5-6H,4,7-8H2,1-2H3. The maximum atomic E-state index is 12.2. The topological polar surface area (TPSA) is 27.1 Å². The molecule has 0 bridgehead atoms. The first-order chi connectivity index (χ1) is 8.92. The van der Waals surface area contributed by atoms with Gasteiger partial charge in [0.05, 0.1) is 12.8 Å². The van der Waals surface area contributed by atoms with Gasteiger partial charge in [-0.1, -0.05) is 12.1 Å². The van der Waals surface area contributed by atoms with Crippen LogP contribution in [0.15, 0.2) is 18.2 Å². The van der Waals surface area contributed by atoms with E-state index in [4.69, 9.17) is 4.74 Å². The molecule has 0 aliphatic rings. The molecular weight excluding hydrogens is 257 g/mol. The Morgan fingerprint density at radius 1 is 1.32 bits per heavy atom. The molecule has 2 aromatic rings. The van der Waals surface area contributed by atoms with Crippen molar-refractivity contribution < 1.29 is 17.9 Å². The van der Waals surface area contributed by atoms with Crippen LogP contribution in [-0.4, -0.2) is 23.1 Å². The molecule has 0 N–H and O–H groups in total. The lowest BCUT2D eigenvalue weighted by atomic mass is 10.2. The van der Waals surface area contributed by atoms with Crippen molar-refractivity contribution in [3.8, 4) is 5.75 Å². The fraction of sp³-hybridized carbons (Fsp3) is 0.462. The van der Waals surface area contributed by atoms with Gasteiger partial charge >= 0.3 is 6.18 Å². The lowest BCUT2D eigenvalue weighted by molar-refractivity contribution is -0.135. The second-order valence-electron chi connectivity index (χ2n) is 4.38. The second kappa shape index (κ2) is 5.11. The van der Waals surface area contributed by atoms with Gasteiger partial charge in [-0.25, -0.2) is 0 Å². The third kappa shape index (κ3) is 3.00. The predicted octanol–water partition coefficient (Wildman–Crippen LogP) is 3.70. The molecule has 1 aromatic heterocycles. The molecule has 104 valence electrons. The average Bonchev–Trinajstić information content (AvgIpc) is 2.65. The average molecular weight is 272 g/mol. The normalized spacial score (nSPS) is 12.1. The summed E-state index contributed by atoms with van der Waals surface area (Å²) in [6.07, 6.45) is -4.91. The van der Waals surface area contributed by atoms with Crippen LogP contribution in [0.5, 0.6) is 5.75 Å². The maximum Gasteiger partial charge on any atom is 0.389 e.